The first-order chi connectivity index (χ1) is 13.3. The van der Waals surface area contributed by atoms with Gasteiger partial charge in [0.15, 0.2) is 0 Å². The molecule has 28 heavy (non-hydrogen) atoms. The summed E-state index contributed by atoms with van der Waals surface area (Å²) in [6.45, 7) is -0.370. The van der Waals surface area contributed by atoms with Crippen molar-refractivity contribution in [2.75, 3.05) is 0 Å². The highest BCUT2D eigenvalue weighted by molar-refractivity contribution is 9.10. The van der Waals surface area contributed by atoms with Crippen molar-refractivity contribution in [2.45, 2.75) is 19.5 Å². The van der Waals surface area contributed by atoms with Crippen LogP contribution in [0.5, 0.6) is 5.75 Å². The largest absolute Gasteiger partial charge is 0.573 e. The number of nitrogens with zero attached hydrogens (tertiary/aromatic N) is 4. The maximum atomic E-state index is 12.4. The van der Waals surface area contributed by atoms with Crippen molar-refractivity contribution in [3.63, 3.8) is 0 Å². The van der Waals surface area contributed by atoms with Crippen molar-refractivity contribution in [1.29, 1.82) is 0 Å². The van der Waals surface area contributed by atoms with E-state index in [9.17, 15) is 18.0 Å². The predicted molar refractivity (Wildman–Crippen MR) is 95.9 cm³/mol. The summed E-state index contributed by atoms with van der Waals surface area (Å²) in [6, 6.07) is 12.8. The maximum Gasteiger partial charge on any atom is 0.573 e. The number of ether oxygens (including phenoxy) is 1. The van der Waals surface area contributed by atoms with Crippen molar-refractivity contribution >= 4 is 21.8 Å². The fourth-order valence-electron chi connectivity index (χ4n) is 2.28. The highest BCUT2D eigenvalue weighted by atomic mass is 79.9. The van der Waals surface area contributed by atoms with Crippen LogP contribution in [0, 0.1) is 0 Å². The molecule has 1 heterocycles. The number of carbonyl (C=O) groups excluding carboxylic acids is 1. The van der Waals surface area contributed by atoms with E-state index in [4.69, 9.17) is 0 Å². The first-order valence-corrected chi connectivity index (χ1v) is 8.73. The number of para-hydroxylation sites is 1. The molecule has 0 saturated carbocycles. The maximum absolute atomic E-state index is 12.4. The number of alkyl halides is 3. The summed E-state index contributed by atoms with van der Waals surface area (Å²) in [5, 5.41) is 14.3. The Hall–Kier alpha value is -2.95. The number of halogens is 4. The van der Waals surface area contributed by atoms with Crippen molar-refractivity contribution in [2.24, 2.45) is 0 Å². The molecular formula is C17H13BrF3N5O2. The summed E-state index contributed by atoms with van der Waals surface area (Å²) in [6.07, 6.45) is -4.81. The Balaban J connectivity index is 1.59. The molecule has 146 valence electrons. The van der Waals surface area contributed by atoms with E-state index in [0.29, 0.717) is 5.82 Å². The summed E-state index contributed by atoms with van der Waals surface area (Å²) in [5.41, 5.74) is 0.920. The van der Waals surface area contributed by atoms with Gasteiger partial charge in [-0.25, -0.2) is 0 Å². The molecule has 1 amide bonds. The standard InChI is InChI=1S/C17H13BrF3N5O2/c18-13-7-5-11(6-8-13)16-23-25-26(24-16)10-15(27)22-9-12-3-1-2-4-14(12)28-17(19,20)21/h1-8H,9-10H2,(H,22,27). The summed E-state index contributed by atoms with van der Waals surface area (Å²) in [5.74, 6) is -0.502. The molecule has 0 aliphatic heterocycles. The molecule has 0 aliphatic carbocycles. The average molecular weight is 456 g/mol. The molecule has 7 nitrogen and oxygen atoms in total. The number of carbonyl (C=O) groups is 1. The van der Waals surface area contributed by atoms with Crippen LogP contribution in [-0.4, -0.2) is 32.5 Å². The molecular weight excluding hydrogens is 443 g/mol. The van der Waals surface area contributed by atoms with Crippen LogP contribution >= 0.6 is 15.9 Å². The molecule has 0 radical (unpaired) electrons. The van der Waals surface area contributed by atoms with Crippen LogP contribution in [0.1, 0.15) is 5.56 Å². The predicted octanol–water partition coefficient (Wildman–Crippen LogP) is 3.32. The van der Waals surface area contributed by atoms with Gasteiger partial charge in [0.1, 0.15) is 12.3 Å². The Labute approximate surface area is 165 Å². The summed E-state index contributed by atoms with van der Waals surface area (Å²) in [7, 11) is 0. The van der Waals surface area contributed by atoms with E-state index in [2.05, 4.69) is 41.4 Å². The van der Waals surface area contributed by atoms with Gasteiger partial charge < -0.3 is 10.1 Å². The highest BCUT2D eigenvalue weighted by Crippen LogP contribution is 2.26. The fourth-order valence-corrected chi connectivity index (χ4v) is 2.54. The van der Waals surface area contributed by atoms with Crippen LogP contribution in [0.4, 0.5) is 13.2 Å². The van der Waals surface area contributed by atoms with Gasteiger partial charge in [0.25, 0.3) is 0 Å². The van der Waals surface area contributed by atoms with Crippen LogP contribution < -0.4 is 10.1 Å². The van der Waals surface area contributed by atoms with E-state index in [0.717, 1.165) is 14.8 Å². The molecule has 0 bridgehead atoms. The van der Waals surface area contributed by atoms with Crippen LogP contribution in [0.3, 0.4) is 0 Å². The van der Waals surface area contributed by atoms with Gasteiger partial charge in [-0.1, -0.05) is 34.1 Å². The summed E-state index contributed by atoms with van der Waals surface area (Å²) in [4.78, 5) is 13.2. The highest BCUT2D eigenvalue weighted by Gasteiger charge is 2.32. The van der Waals surface area contributed by atoms with Gasteiger partial charge in [-0.2, -0.15) is 4.80 Å². The smallest absolute Gasteiger partial charge is 0.405 e. The van der Waals surface area contributed by atoms with Gasteiger partial charge in [0.2, 0.25) is 11.7 Å². The number of tetrazole rings is 1. The second-order valence-electron chi connectivity index (χ2n) is 5.58. The Morgan fingerprint density at radius 1 is 1.14 bits per heavy atom. The van der Waals surface area contributed by atoms with Crippen molar-refractivity contribution in [3.8, 4) is 17.1 Å². The summed E-state index contributed by atoms with van der Waals surface area (Å²) < 4.78 is 42.1. The molecule has 2 aromatic carbocycles. The third-order valence-electron chi connectivity index (χ3n) is 3.51. The van der Waals surface area contributed by atoms with E-state index in [1.54, 1.807) is 18.2 Å². The SMILES string of the molecule is O=C(Cn1nnc(-c2ccc(Br)cc2)n1)NCc1ccccc1OC(F)(F)F. The zero-order valence-corrected chi connectivity index (χ0v) is 15.7. The minimum atomic E-state index is -4.81. The van der Waals surface area contributed by atoms with Gasteiger partial charge in [0, 0.05) is 22.1 Å². The molecule has 0 atom stereocenters. The van der Waals surface area contributed by atoms with E-state index in [-0.39, 0.29) is 24.4 Å². The molecule has 0 saturated heterocycles. The Morgan fingerprint density at radius 3 is 2.57 bits per heavy atom. The third kappa shape index (κ3) is 5.52. The van der Waals surface area contributed by atoms with E-state index < -0.39 is 12.3 Å². The Kier molecular flexibility index (Phi) is 5.93. The molecule has 0 unspecified atom stereocenters. The van der Waals surface area contributed by atoms with Crippen LogP contribution in [-0.2, 0) is 17.9 Å². The molecule has 3 aromatic rings. The van der Waals surface area contributed by atoms with Gasteiger partial charge in [-0.05, 0) is 35.5 Å². The molecule has 1 aromatic heterocycles. The zero-order chi connectivity index (χ0) is 20.1. The zero-order valence-electron chi connectivity index (χ0n) is 14.2. The summed E-state index contributed by atoms with van der Waals surface area (Å²) >= 11 is 3.33. The number of hydrogen-bond acceptors (Lipinski definition) is 5. The molecule has 11 heteroatoms. The molecule has 0 spiro atoms. The molecule has 3 rings (SSSR count). The van der Waals surface area contributed by atoms with Crippen molar-refractivity contribution < 1.29 is 22.7 Å². The van der Waals surface area contributed by atoms with Gasteiger partial charge >= 0.3 is 6.36 Å². The number of aromatic nitrogens is 4. The van der Waals surface area contributed by atoms with Gasteiger partial charge in [-0.3, -0.25) is 4.79 Å². The number of hydrogen-bond donors (Lipinski definition) is 1. The van der Waals surface area contributed by atoms with Crippen molar-refractivity contribution in [3.05, 3.63) is 58.6 Å². The minimum absolute atomic E-state index is 0.140. The molecule has 0 fully saturated rings. The average Bonchev–Trinajstić information content (AvgIpc) is 3.08. The molecule has 1 N–H and O–H groups in total. The Bertz CT molecular complexity index is 960. The second kappa shape index (κ2) is 8.38. The first-order valence-electron chi connectivity index (χ1n) is 7.94. The van der Waals surface area contributed by atoms with Gasteiger partial charge in [-0.15, -0.1) is 23.4 Å². The Morgan fingerprint density at radius 2 is 1.86 bits per heavy atom. The van der Waals surface area contributed by atoms with Gasteiger partial charge in [0.05, 0.1) is 0 Å². The monoisotopic (exact) mass is 455 g/mol. The van der Waals surface area contributed by atoms with Crippen LogP contribution in [0.25, 0.3) is 11.4 Å². The van der Waals surface area contributed by atoms with Crippen LogP contribution in [0.15, 0.2) is 53.0 Å². The number of rotatable bonds is 6. The lowest BCUT2D eigenvalue weighted by atomic mass is 10.2. The normalized spacial score (nSPS) is 11.3. The van der Waals surface area contributed by atoms with E-state index in [1.807, 2.05) is 12.1 Å². The van der Waals surface area contributed by atoms with E-state index >= 15 is 0 Å². The lowest BCUT2D eigenvalue weighted by molar-refractivity contribution is -0.274. The number of amides is 1. The first kappa shape index (κ1) is 19.8. The lowest BCUT2D eigenvalue weighted by Crippen LogP contribution is -2.28. The number of benzene rings is 2. The number of nitrogens with one attached hydrogen (secondary N) is 1. The minimum Gasteiger partial charge on any atom is -0.405 e. The second-order valence-corrected chi connectivity index (χ2v) is 6.50. The third-order valence-corrected chi connectivity index (χ3v) is 4.04. The quantitative estimate of drug-likeness (QED) is 0.616. The lowest BCUT2D eigenvalue weighted by Gasteiger charge is -2.13. The fraction of sp³-hybridized carbons (Fsp3) is 0.176. The topological polar surface area (TPSA) is 81.9 Å². The molecule has 0 aliphatic rings. The van der Waals surface area contributed by atoms with Crippen molar-refractivity contribution in [1.82, 2.24) is 25.5 Å². The van der Waals surface area contributed by atoms with Crippen LogP contribution in [0.2, 0.25) is 0 Å². The van der Waals surface area contributed by atoms with E-state index in [1.165, 1.54) is 18.2 Å².